The van der Waals surface area contributed by atoms with Crippen LogP contribution in [0.2, 0.25) is 0 Å². The Hall–Kier alpha value is -15.2. The lowest BCUT2D eigenvalue weighted by atomic mass is 9.33. The first kappa shape index (κ1) is 79.0. The van der Waals surface area contributed by atoms with Gasteiger partial charge in [0.1, 0.15) is 33.8 Å². The monoisotopic (exact) mass is 1700 g/mol. The Balaban J connectivity index is 0.911. The Morgan fingerprint density at radius 2 is 0.682 bits per heavy atom. The number of ether oxygens (including phenoxy) is 1. The van der Waals surface area contributed by atoms with Gasteiger partial charge >= 0.3 is 0 Å². The van der Waals surface area contributed by atoms with Crippen molar-refractivity contribution in [3.05, 3.63) is 421 Å². The second kappa shape index (κ2) is 28.9. The molecule has 0 atom stereocenters. The van der Waals surface area contributed by atoms with Crippen LogP contribution in [0.3, 0.4) is 0 Å². The molecule has 0 unspecified atom stereocenters. The van der Waals surface area contributed by atoms with E-state index in [-0.39, 0.29) is 21.7 Å². The van der Waals surface area contributed by atoms with Gasteiger partial charge in [-0.2, -0.15) is 0 Å². The van der Waals surface area contributed by atoms with Gasteiger partial charge in [-0.1, -0.05) is 386 Å². The Bertz CT molecular complexity index is 8300. The van der Waals surface area contributed by atoms with Crippen LogP contribution in [0.25, 0.3) is 149 Å². The van der Waals surface area contributed by atoms with Gasteiger partial charge < -0.3 is 27.9 Å². The fraction of sp³-hybridized carbons (Fsp3) is 0.136. The summed E-state index contributed by atoms with van der Waals surface area (Å²) in [5, 5.41) is 6.38. The molecule has 4 aliphatic rings. The Morgan fingerprint density at radius 1 is 0.258 bits per heavy atom. The molecular formula is C125H98BN3O3. The van der Waals surface area contributed by atoms with E-state index in [0.29, 0.717) is 0 Å². The van der Waals surface area contributed by atoms with Crippen molar-refractivity contribution in [2.75, 3.05) is 9.80 Å². The molecule has 7 heteroatoms. The number of hydrogen-bond acceptors (Lipinski definition) is 5. The largest absolute Gasteiger partial charge is 0.457 e. The van der Waals surface area contributed by atoms with Crippen molar-refractivity contribution in [3.8, 4) is 95.1 Å². The average Bonchev–Trinajstić information content (AvgIpc) is 1.26. The normalized spacial score (nSPS) is 13.7. The average molecular weight is 1700 g/mol. The molecule has 0 saturated heterocycles. The van der Waals surface area contributed by atoms with Gasteiger partial charge in [0.25, 0.3) is 6.71 Å². The van der Waals surface area contributed by atoms with Gasteiger partial charge in [-0.25, -0.2) is 0 Å². The van der Waals surface area contributed by atoms with Crippen molar-refractivity contribution in [2.24, 2.45) is 0 Å². The predicted octanol–water partition coefficient (Wildman–Crippen LogP) is 32.3. The number of aromatic nitrogens is 1. The zero-order valence-corrected chi connectivity index (χ0v) is 76.4. The minimum Gasteiger partial charge on any atom is -0.457 e. The molecule has 6 nitrogen and oxygen atoms in total. The summed E-state index contributed by atoms with van der Waals surface area (Å²) >= 11 is 0. The SMILES string of the molecule is CC(C)(C)c1cc(-c2cc(-c3ccccc3)c3oc4ccccc4c3c2N2c3cc(-n4c5ccccc5c5ccc(-c6ccccc6)cc54)ccc3B3c4cc5c(cc4N(c4c(-c6cc(C(C)(C)C)cc(C(C)(C)C)c6)cc(-c6ccccc6)c6oc7ccccc7c46)c4cc(-c6ccccc6)cc2c43)Oc2ccccc2C52c3ccccc3-c3ccccc32)cc(C(C)(C)C)c1. The Kier molecular flexibility index (Phi) is 17.3. The second-order valence-corrected chi connectivity index (χ2v) is 41.0. The lowest BCUT2D eigenvalue weighted by molar-refractivity contribution is 0.437. The van der Waals surface area contributed by atoms with Crippen molar-refractivity contribution in [1.82, 2.24) is 4.57 Å². The number of furan rings is 2. The number of fused-ring (bicyclic) bond motifs is 22. The molecule has 0 radical (unpaired) electrons. The summed E-state index contributed by atoms with van der Waals surface area (Å²) in [7, 11) is 0. The molecule has 0 amide bonds. The highest BCUT2D eigenvalue weighted by Crippen LogP contribution is 2.65. The first-order valence-corrected chi connectivity index (χ1v) is 46.6. The molecule has 1 spiro atoms. The highest BCUT2D eigenvalue weighted by molar-refractivity contribution is 7.00. The maximum Gasteiger partial charge on any atom is 0.252 e. The third-order valence-corrected chi connectivity index (χ3v) is 29.0. The van der Waals surface area contributed by atoms with E-state index < -0.39 is 12.1 Å². The van der Waals surface area contributed by atoms with Crippen LogP contribution >= 0.6 is 0 Å². The smallest absolute Gasteiger partial charge is 0.252 e. The molecule has 6 heterocycles. The van der Waals surface area contributed by atoms with E-state index in [1.165, 1.54) is 55.3 Å². The van der Waals surface area contributed by atoms with Crippen LogP contribution in [0, 0.1) is 0 Å². The van der Waals surface area contributed by atoms with Crippen LogP contribution in [-0.2, 0) is 27.1 Å². The fourth-order valence-electron chi connectivity index (χ4n) is 22.4. The lowest BCUT2D eigenvalue weighted by Gasteiger charge is -2.47. The highest BCUT2D eigenvalue weighted by atomic mass is 16.5. The van der Waals surface area contributed by atoms with Gasteiger partial charge in [-0.05, 0) is 194 Å². The first-order valence-electron chi connectivity index (χ1n) is 46.6. The molecule has 18 aromatic carbocycles. The topological polar surface area (TPSA) is 46.9 Å². The molecule has 0 N–H and O–H groups in total. The maximum atomic E-state index is 7.94. The zero-order chi connectivity index (χ0) is 89.3. The number of hydrogen-bond donors (Lipinski definition) is 0. The van der Waals surface area contributed by atoms with Gasteiger partial charge in [-0.15, -0.1) is 0 Å². The summed E-state index contributed by atoms with van der Waals surface area (Å²) in [6.45, 7) is 27.9. The van der Waals surface area contributed by atoms with Crippen molar-refractivity contribution in [3.63, 3.8) is 0 Å². The Morgan fingerprint density at radius 3 is 1.19 bits per heavy atom. The summed E-state index contributed by atoms with van der Waals surface area (Å²) in [5.74, 6) is 1.60. The summed E-state index contributed by atoms with van der Waals surface area (Å²) in [6, 6.07) is 142. The van der Waals surface area contributed by atoms with E-state index in [1.807, 2.05) is 0 Å². The standard InChI is InChI=1S/C125H98BN3O3/c1-121(2,3)83-61-81(62-84(68-83)122(4,5)6)94-71-96(77-41-21-15-22-42-77)119-114(92-48-28-34-54-110(92)131-119)117(94)128-106-70-87(127-104-53-33-27-47-90(104)91-59-57-79(65-105(91)127)75-37-17-13-18-38-75)58-60-102(106)126-103-73-101-113(130-112-56-36-32-52-100(112)125(101)98-50-30-25-45-88(98)89-46-26-31-51-99(89)125)74-107(103)129(109-67-80(66-108(128)116(109)126)76-39-19-14-20-40-76)118-95(82-63-85(123(7,8)9)69-86(64-82)124(10,11)12)72-97(78-43-23-16-24-44-78)120-115(118)93-49-29-35-55-111(93)132-120/h13-74H,1-12H3. The summed E-state index contributed by atoms with van der Waals surface area (Å²) in [6.07, 6.45) is 0. The molecular weight excluding hydrogens is 1600 g/mol. The molecule has 3 aliphatic heterocycles. The molecule has 0 saturated carbocycles. The molecule has 3 aromatic heterocycles. The van der Waals surface area contributed by atoms with Crippen molar-refractivity contribution in [2.45, 2.75) is 110 Å². The van der Waals surface area contributed by atoms with Gasteiger partial charge in [0.05, 0.1) is 38.6 Å². The van der Waals surface area contributed by atoms with Gasteiger partial charge in [0.15, 0.2) is 0 Å². The van der Waals surface area contributed by atoms with Crippen molar-refractivity contribution < 1.29 is 13.6 Å². The number of benzene rings is 18. The number of anilines is 6. The van der Waals surface area contributed by atoms with Crippen molar-refractivity contribution >= 4 is 123 Å². The number of para-hydroxylation sites is 4. The molecule has 1 aliphatic carbocycles. The fourth-order valence-corrected chi connectivity index (χ4v) is 22.4. The summed E-state index contributed by atoms with van der Waals surface area (Å²) in [4.78, 5) is 5.46. The zero-order valence-electron chi connectivity index (χ0n) is 76.4. The molecule has 25 rings (SSSR count). The lowest BCUT2D eigenvalue weighted by Crippen LogP contribution is -2.61. The van der Waals surface area contributed by atoms with Crippen LogP contribution in [-0.4, -0.2) is 11.3 Å². The van der Waals surface area contributed by atoms with E-state index >= 15 is 0 Å². The first-order chi connectivity index (χ1) is 64.0. The molecule has 0 fully saturated rings. The molecule has 21 aromatic rings. The van der Waals surface area contributed by atoms with Crippen LogP contribution < -0.4 is 30.9 Å². The summed E-state index contributed by atoms with van der Waals surface area (Å²) in [5.41, 5.74) is 39.0. The minimum absolute atomic E-state index is 0.255. The van der Waals surface area contributed by atoms with E-state index in [2.05, 4.69) is 474 Å². The van der Waals surface area contributed by atoms with Gasteiger partial charge in [-0.3, -0.25) is 0 Å². The minimum atomic E-state index is -0.857. The molecule has 634 valence electrons. The second-order valence-electron chi connectivity index (χ2n) is 41.0. The predicted molar refractivity (Wildman–Crippen MR) is 554 cm³/mol. The molecule has 0 bridgehead atoms. The third-order valence-electron chi connectivity index (χ3n) is 29.0. The van der Waals surface area contributed by atoms with Gasteiger partial charge in [0.2, 0.25) is 0 Å². The highest BCUT2D eigenvalue weighted by Gasteiger charge is 2.54. The van der Waals surface area contributed by atoms with E-state index in [4.69, 9.17) is 13.6 Å². The maximum absolute atomic E-state index is 7.94. The number of nitrogens with zero attached hydrogens (tertiary/aromatic N) is 3. The van der Waals surface area contributed by atoms with Crippen LogP contribution in [0.4, 0.5) is 34.1 Å². The third kappa shape index (κ3) is 12.0. The van der Waals surface area contributed by atoms with E-state index in [0.717, 1.165) is 200 Å². The van der Waals surface area contributed by atoms with E-state index in [1.54, 1.807) is 0 Å². The Labute approximate surface area is 771 Å². The summed E-state index contributed by atoms with van der Waals surface area (Å²) < 4.78 is 26.0. The van der Waals surface area contributed by atoms with Crippen LogP contribution in [0.1, 0.15) is 128 Å². The van der Waals surface area contributed by atoms with E-state index in [9.17, 15) is 0 Å². The van der Waals surface area contributed by atoms with Crippen LogP contribution in [0.15, 0.2) is 385 Å². The quantitative estimate of drug-likeness (QED) is 0.135. The van der Waals surface area contributed by atoms with Gasteiger partial charge in [0, 0.05) is 89.4 Å². The molecule has 132 heavy (non-hydrogen) atoms. The number of rotatable bonds is 9. The van der Waals surface area contributed by atoms with Crippen molar-refractivity contribution in [1.29, 1.82) is 0 Å². The van der Waals surface area contributed by atoms with Crippen LogP contribution in [0.5, 0.6) is 11.5 Å².